The van der Waals surface area contributed by atoms with E-state index in [9.17, 15) is 9.59 Å². The summed E-state index contributed by atoms with van der Waals surface area (Å²) in [7, 11) is 0. The molecule has 2 aromatic rings. The number of nitrogens with zero attached hydrogens (tertiary/aromatic N) is 1. The zero-order valence-electron chi connectivity index (χ0n) is 17.1. The zero-order chi connectivity index (χ0) is 20.8. The number of benzene rings is 1. The molecule has 29 heavy (non-hydrogen) atoms. The van der Waals surface area contributed by atoms with Gasteiger partial charge in [-0.1, -0.05) is 38.1 Å². The van der Waals surface area contributed by atoms with Crippen molar-refractivity contribution in [3.05, 3.63) is 53.9 Å². The molecule has 0 spiro atoms. The zero-order valence-corrected chi connectivity index (χ0v) is 17.1. The topological polar surface area (TPSA) is 74.4 Å². The number of piperazine rings is 1. The van der Waals surface area contributed by atoms with Gasteiger partial charge in [-0.15, -0.1) is 6.58 Å². The van der Waals surface area contributed by atoms with E-state index in [1.165, 1.54) is 0 Å². The Morgan fingerprint density at radius 3 is 2.76 bits per heavy atom. The van der Waals surface area contributed by atoms with E-state index in [-0.39, 0.29) is 29.2 Å². The number of rotatable bonds is 5. The van der Waals surface area contributed by atoms with Crippen LogP contribution in [-0.2, 0) is 19.7 Å². The van der Waals surface area contributed by atoms with Gasteiger partial charge in [0.1, 0.15) is 18.0 Å². The molecule has 1 aromatic heterocycles. The van der Waals surface area contributed by atoms with Crippen molar-refractivity contribution in [2.45, 2.75) is 51.3 Å². The molecule has 4 rings (SSSR count). The number of fused-ring (bicyclic) bond motifs is 2. The molecule has 2 N–H and O–H groups in total. The second-order valence-electron chi connectivity index (χ2n) is 8.15. The fraction of sp³-hybridized carbons (Fsp3) is 0.391. The minimum atomic E-state index is -0.455. The van der Waals surface area contributed by atoms with Crippen LogP contribution >= 0.6 is 0 Å². The molecule has 2 amide bonds. The van der Waals surface area contributed by atoms with Crippen LogP contribution in [0.1, 0.15) is 44.9 Å². The Kier molecular flexibility index (Phi) is 4.82. The molecular weight excluding hydrogens is 366 g/mol. The van der Waals surface area contributed by atoms with E-state index in [1.54, 1.807) is 11.0 Å². The smallest absolute Gasteiger partial charge is 0.273 e. The molecule has 0 aliphatic carbocycles. The lowest BCUT2D eigenvalue weighted by molar-refractivity contribution is -0.151. The van der Waals surface area contributed by atoms with Crippen LogP contribution in [-0.4, -0.2) is 40.6 Å². The summed E-state index contributed by atoms with van der Waals surface area (Å²) in [4.78, 5) is 31.0. The summed E-state index contributed by atoms with van der Waals surface area (Å²) in [5.74, 6) is -0.347. The molecule has 2 aliphatic rings. The Labute approximate surface area is 170 Å². The molecule has 6 nitrogen and oxygen atoms in total. The number of allylic oxidation sites excluding steroid dienone is 1. The summed E-state index contributed by atoms with van der Waals surface area (Å²) in [5, 5.41) is 3.83. The summed E-state index contributed by atoms with van der Waals surface area (Å²) < 4.78 is 5.72. The van der Waals surface area contributed by atoms with E-state index in [2.05, 4.69) is 30.7 Å². The van der Waals surface area contributed by atoms with Gasteiger partial charge in [0.15, 0.2) is 0 Å². The van der Waals surface area contributed by atoms with Gasteiger partial charge in [-0.3, -0.25) is 14.5 Å². The number of hydrogen-bond acceptors (Lipinski definition) is 3. The van der Waals surface area contributed by atoms with E-state index in [1.807, 2.05) is 37.3 Å². The third-order valence-corrected chi connectivity index (χ3v) is 5.91. The van der Waals surface area contributed by atoms with Crippen LogP contribution in [0.5, 0.6) is 0 Å². The molecule has 3 heterocycles. The van der Waals surface area contributed by atoms with Crippen molar-refractivity contribution in [1.29, 1.82) is 0 Å². The molecule has 0 radical (unpaired) electrons. The van der Waals surface area contributed by atoms with Crippen LogP contribution in [0.2, 0.25) is 0 Å². The Morgan fingerprint density at radius 2 is 2.03 bits per heavy atom. The highest BCUT2D eigenvalue weighted by atomic mass is 16.5. The molecule has 6 heteroatoms. The Morgan fingerprint density at radius 1 is 1.28 bits per heavy atom. The maximum atomic E-state index is 13.3. The second kappa shape index (κ2) is 7.19. The number of carbonyl (C=O) groups excluding carboxylic acids is 2. The molecule has 0 bridgehead atoms. The fourth-order valence-electron chi connectivity index (χ4n) is 4.24. The molecule has 0 saturated carbocycles. The highest BCUT2D eigenvalue weighted by Gasteiger charge is 2.46. The normalized spacial score (nSPS) is 23.6. The Bertz CT molecular complexity index is 1020. The number of nitrogens with one attached hydrogen (secondary N) is 2. The van der Waals surface area contributed by atoms with Crippen LogP contribution in [0, 0.1) is 0 Å². The lowest BCUT2D eigenvalue weighted by Gasteiger charge is -2.34. The van der Waals surface area contributed by atoms with Gasteiger partial charge in [-0.2, -0.15) is 0 Å². The van der Waals surface area contributed by atoms with E-state index in [0.717, 1.165) is 22.2 Å². The number of carbonyl (C=O) groups is 2. The van der Waals surface area contributed by atoms with Crippen molar-refractivity contribution < 1.29 is 14.3 Å². The molecule has 152 valence electrons. The average Bonchev–Trinajstić information content (AvgIpc) is 3.29. The summed E-state index contributed by atoms with van der Waals surface area (Å²) in [5.41, 5.74) is 2.76. The lowest BCUT2D eigenvalue weighted by Crippen LogP contribution is -2.56. The summed E-state index contributed by atoms with van der Waals surface area (Å²) in [6, 6.07) is 7.49. The van der Waals surface area contributed by atoms with Gasteiger partial charge in [0.05, 0.1) is 0 Å². The van der Waals surface area contributed by atoms with Crippen LogP contribution in [0.25, 0.3) is 17.0 Å². The molecule has 2 fully saturated rings. The van der Waals surface area contributed by atoms with Crippen molar-refractivity contribution in [2.24, 2.45) is 0 Å². The first-order chi connectivity index (χ1) is 13.9. The average molecular weight is 393 g/mol. The maximum Gasteiger partial charge on any atom is 0.273 e. The molecule has 2 aliphatic heterocycles. The van der Waals surface area contributed by atoms with Gasteiger partial charge in [0.2, 0.25) is 5.91 Å². The van der Waals surface area contributed by atoms with Crippen LogP contribution in [0.15, 0.2) is 42.6 Å². The van der Waals surface area contributed by atoms with E-state index >= 15 is 0 Å². The molecule has 1 aromatic carbocycles. The third-order valence-electron chi connectivity index (χ3n) is 5.91. The van der Waals surface area contributed by atoms with Gasteiger partial charge in [0, 0.05) is 34.2 Å². The maximum absolute atomic E-state index is 13.3. The summed E-state index contributed by atoms with van der Waals surface area (Å²) in [6.07, 6.45) is 4.61. The third kappa shape index (κ3) is 3.17. The molecule has 0 unspecified atom stereocenters. The number of aromatic amines is 1. The van der Waals surface area contributed by atoms with E-state index in [4.69, 9.17) is 4.74 Å². The van der Waals surface area contributed by atoms with Gasteiger partial charge in [-0.25, -0.2) is 0 Å². The van der Waals surface area contributed by atoms with Crippen molar-refractivity contribution in [3.63, 3.8) is 0 Å². The number of para-hydroxylation sites is 1. The fourth-order valence-corrected chi connectivity index (χ4v) is 4.24. The van der Waals surface area contributed by atoms with E-state index < -0.39 is 6.04 Å². The minimum absolute atomic E-state index is 0.151. The Hall–Kier alpha value is -2.86. The molecule has 2 saturated heterocycles. The first kappa shape index (κ1) is 19.5. The van der Waals surface area contributed by atoms with Crippen LogP contribution in [0.4, 0.5) is 0 Å². The van der Waals surface area contributed by atoms with Gasteiger partial charge < -0.3 is 15.0 Å². The van der Waals surface area contributed by atoms with Crippen molar-refractivity contribution in [2.75, 3.05) is 6.61 Å². The van der Waals surface area contributed by atoms with Crippen molar-refractivity contribution in [1.82, 2.24) is 15.2 Å². The standard InChI is InChI=1S/C23H27N3O3/c1-5-23(3,4)20-15(14-9-7-8-10-16(14)24-20)13-17-22(28)26-18(21(27)25-17)11-12-19(26)29-6-2/h5,7-10,13,18-19,24H,1,6,11-12H2,2-4H3,(H,25,27)/b17-13-/t18-,19-/m0/s1. The lowest BCUT2D eigenvalue weighted by atomic mass is 9.86. The van der Waals surface area contributed by atoms with Crippen LogP contribution < -0.4 is 5.32 Å². The summed E-state index contributed by atoms with van der Waals surface area (Å²) in [6.45, 7) is 10.5. The predicted octanol–water partition coefficient (Wildman–Crippen LogP) is 3.46. The largest absolute Gasteiger partial charge is 0.359 e. The quantitative estimate of drug-likeness (QED) is 0.603. The Balaban J connectivity index is 1.83. The number of H-pyrrole nitrogens is 1. The summed E-state index contributed by atoms with van der Waals surface area (Å²) >= 11 is 0. The van der Waals surface area contributed by atoms with Crippen molar-refractivity contribution in [3.8, 4) is 0 Å². The highest BCUT2D eigenvalue weighted by molar-refractivity contribution is 6.09. The van der Waals surface area contributed by atoms with Gasteiger partial charge >= 0.3 is 0 Å². The SMILES string of the molecule is C=CC(C)(C)c1[nH]c2ccccc2c1/C=C1\NC(=O)[C@@H]2CC[C@H](OCC)N2C1=O. The molecular formula is C23H27N3O3. The van der Waals surface area contributed by atoms with Gasteiger partial charge in [-0.05, 0) is 31.9 Å². The number of amides is 2. The predicted molar refractivity (Wildman–Crippen MR) is 113 cm³/mol. The first-order valence-corrected chi connectivity index (χ1v) is 10.1. The number of aromatic nitrogens is 1. The monoisotopic (exact) mass is 393 g/mol. The van der Waals surface area contributed by atoms with Crippen LogP contribution in [0.3, 0.4) is 0 Å². The number of ether oxygens (including phenoxy) is 1. The minimum Gasteiger partial charge on any atom is -0.359 e. The second-order valence-corrected chi connectivity index (χ2v) is 8.15. The first-order valence-electron chi connectivity index (χ1n) is 10.1. The van der Waals surface area contributed by atoms with Gasteiger partial charge in [0.25, 0.3) is 5.91 Å². The van der Waals surface area contributed by atoms with E-state index in [0.29, 0.717) is 19.4 Å². The number of hydrogen-bond donors (Lipinski definition) is 2. The van der Waals surface area contributed by atoms with Crippen molar-refractivity contribution >= 4 is 28.8 Å². The molecule has 2 atom stereocenters. The highest BCUT2D eigenvalue weighted by Crippen LogP contribution is 2.35.